The number of amides is 1. The average Bonchev–Trinajstić information content (AvgIpc) is 2.92. The van der Waals surface area contributed by atoms with Crippen molar-refractivity contribution in [3.05, 3.63) is 59.8 Å². The van der Waals surface area contributed by atoms with Gasteiger partial charge in [-0.25, -0.2) is 0 Å². The molecule has 5 heteroatoms. The molecule has 1 heterocycles. The molecule has 1 N–H and O–H groups in total. The third-order valence-electron chi connectivity index (χ3n) is 3.45. The van der Waals surface area contributed by atoms with Crippen molar-refractivity contribution in [2.75, 3.05) is 12.4 Å². The van der Waals surface area contributed by atoms with Crippen LogP contribution in [-0.4, -0.2) is 17.6 Å². The Kier molecular flexibility index (Phi) is 4.02. The fourth-order valence-corrected chi connectivity index (χ4v) is 2.59. The van der Waals surface area contributed by atoms with Crippen molar-refractivity contribution >= 4 is 34.1 Å². The van der Waals surface area contributed by atoms with E-state index in [4.69, 9.17) is 16.3 Å². The van der Waals surface area contributed by atoms with Gasteiger partial charge in [-0.3, -0.25) is 4.79 Å². The molecule has 0 fully saturated rings. The van der Waals surface area contributed by atoms with E-state index >= 15 is 0 Å². The number of anilines is 1. The Balaban J connectivity index is 1.74. The maximum atomic E-state index is 12.2. The molecular weight excluding hydrogens is 300 g/mol. The van der Waals surface area contributed by atoms with Crippen molar-refractivity contribution in [2.45, 2.75) is 6.54 Å². The normalized spacial score (nSPS) is 10.6. The maximum absolute atomic E-state index is 12.2. The lowest BCUT2D eigenvalue weighted by molar-refractivity contribution is -0.116. The first kappa shape index (κ1) is 14.5. The third-order valence-corrected chi connectivity index (χ3v) is 3.78. The van der Waals surface area contributed by atoms with E-state index in [2.05, 4.69) is 5.32 Å². The summed E-state index contributed by atoms with van der Waals surface area (Å²) in [5, 5.41) is 4.50. The molecule has 1 aromatic heterocycles. The number of methoxy groups -OCH3 is 1. The minimum Gasteiger partial charge on any atom is -0.497 e. The maximum Gasteiger partial charge on any atom is 0.244 e. The van der Waals surface area contributed by atoms with E-state index in [0.29, 0.717) is 5.02 Å². The Hall–Kier alpha value is -2.46. The zero-order valence-electron chi connectivity index (χ0n) is 12.0. The molecule has 0 atom stereocenters. The number of benzene rings is 2. The van der Waals surface area contributed by atoms with Gasteiger partial charge in [-0.1, -0.05) is 17.7 Å². The van der Waals surface area contributed by atoms with E-state index in [9.17, 15) is 4.79 Å². The number of rotatable bonds is 4. The van der Waals surface area contributed by atoms with Gasteiger partial charge in [-0.2, -0.15) is 0 Å². The van der Waals surface area contributed by atoms with Crippen LogP contribution in [0.2, 0.25) is 5.02 Å². The minimum atomic E-state index is -0.0948. The minimum absolute atomic E-state index is 0.0948. The van der Waals surface area contributed by atoms with Crippen LogP contribution in [0.1, 0.15) is 0 Å². The molecule has 0 saturated carbocycles. The molecule has 3 aromatic rings. The molecule has 112 valence electrons. The molecule has 0 radical (unpaired) electrons. The van der Waals surface area contributed by atoms with Gasteiger partial charge in [0.25, 0.3) is 0 Å². The number of carbonyl (C=O) groups is 1. The number of ether oxygens (including phenoxy) is 1. The number of fused-ring (bicyclic) bond motifs is 1. The molecule has 0 aliphatic heterocycles. The summed E-state index contributed by atoms with van der Waals surface area (Å²) in [6.07, 6.45) is 1.87. The number of hydrogen-bond acceptors (Lipinski definition) is 2. The Morgan fingerprint density at radius 1 is 1.18 bits per heavy atom. The fourth-order valence-electron chi connectivity index (χ4n) is 2.35. The second-order valence-corrected chi connectivity index (χ2v) is 5.30. The molecule has 4 nitrogen and oxygen atoms in total. The third kappa shape index (κ3) is 2.92. The quantitative estimate of drug-likeness (QED) is 0.792. The summed E-state index contributed by atoms with van der Waals surface area (Å²) in [5.74, 6) is 0.659. The predicted octanol–water partition coefficient (Wildman–Crippen LogP) is 3.94. The summed E-state index contributed by atoms with van der Waals surface area (Å²) in [4.78, 5) is 12.2. The average molecular weight is 315 g/mol. The van der Waals surface area contributed by atoms with Crippen LogP contribution in [0.5, 0.6) is 5.75 Å². The van der Waals surface area contributed by atoms with Crippen LogP contribution in [0.3, 0.4) is 0 Å². The first-order valence-corrected chi connectivity index (χ1v) is 7.22. The number of nitrogens with one attached hydrogen (secondary N) is 1. The number of nitrogens with zero attached hydrogens (tertiary/aromatic N) is 1. The Bertz CT molecular complexity index is 809. The molecule has 0 bridgehead atoms. The molecule has 0 aliphatic carbocycles. The lowest BCUT2D eigenvalue weighted by Gasteiger charge is -2.08. The second-order valence-electron chi connectivity index (χ2n) is 4.89. The summed E-state index contributed by atoms with van der Waals surface area (Å²) in [7, 11) is 1.61. The molecule has 1 amide bonds. The monoisotopic (exact) mass is 314 g/mol. The van der Waals surface area contributed by atoms with Crippen molar-refractivity contribution < 1.29 is 9.53 Å². The first-order valence-electron chi connectivity index (χ1n) is 6.84. The summed E-state index contributed by atoms with van der Waals surface area (Å²) in [5.41, 5.74) is 1.68. The highest BCUT2D eigenvalue weighted by molar-refractivity contribution is 6.35. The lowest BCUT2D eigenvalue weighted by atomic mass is 10.2. The molecular formula is C17H15ClN2O2. The molecule has 0 saturated heterocycles. The highest BCUT2D eigenvalue weighted by atomic mass is 35.5. The van der Waals surface area contributed by atoms with Gasteiger partial charge < -0.3 is 14.6 Å². The van der Waals surface area contributed by atoms with Crippen LogP contribution in [0, 0.1) is 0 Å². The predicted molar refractivity (Wildman–Crippen MR) is 88.6 cm³/mol. The highest BCUT2D eigenvalue weighted by Gasteiger charge is 2.08. The molecule has 0 aliphatic rings. The van der Waals surface area contributed by atoms with E-state index in [1.54, 1.807) is 31.4 Å². The van der Waals surface area contributed by atoms with Crippen molar-refractivity contribution in [2.24, 2.45) is 0 Å². The Morgan fingerprint density at radius 2 is 1.95 bits per heavy atom. The van der Waals surface area contributed by atoms with Gasteiger partial charge in [0, 0.05) is 27.8 Å². The van der Waals surface area contributed by atoms with Crippen LogP contribution >= 0.6 is 11.6 Å². The van der Waals surface area contributed by atoms with E-state index in [0.717, 1.165) is 22.3 Å². The highest BCUT2D eigenvalue weighted by Crippen LogP contribution is 2.24. The molecule has 2 aromatic carbocycles. The smallest absolute Gasteiger partial charge is 0.244 e. The van der Waals surface area contributed by atoms with Crippen molar-refractivity contribution in [1.82, 2.24) is 4.57 Å². The lowest BCUT2D eigenvalue weighted by Crippen LogP contribution is -2.18. The van der Waals surface area contributed by atoms with Crippen LogP contribution in [0.4, 0.5) is 5.69 Å². The molecule has 3 rings (SSSR count). The van der Waals surface area contributed by atoms with Gasteiger partial charge in [0.2, 0.25) is 5.91 Å². The number of hydrogen-bond donors (Lipinski definition) is 1. The van der Waals surface area contributed by atoms with E-state index in [-0.39, 0.29) is 12.5 Å². The standard InChI is InChI=1S/C17H15ClN2O2/c1-22-13-7-5-12(6-8-13)19-17(21)11-20-10-9-14-15(18)3-2-4-16(14)20/h2-10H,11H2,1H3,(H,19,21). The summed E-state index contributed by atoms with van der Waals surface area (Å²) in [6, 6.07) is 14.8. The molecule has 0 unspecified atom stereocenters. The summed E-state index contributed by atoms with van der Waals surface area (Å²) < 4.78 is 6.96. The zero-order valence-corrected chi connectivity index (χ0v) is 12.8. The second kappa shape index (κ2) is 6.12. The van der Waals surface area contributed by atoms with Gasteiger partial charge in [0.15, 0.2) is 0 Å². The van der Waals surface area contributed by atoms with Crippen molar-refractivity contribution in [3.63, 3.8) is 0 Å². The van der Waals surface area contributed by atoms with Gasteiger partial charge in [-0.15, -0.1) is 0 Å². The molecule has 22 heavy (non-hydrogen) atoms. The topological polar surface area (TPSA) is 43.3 Å². The summed E-state index contributed by atoms with van der Waals surface area (Å²) >= 11 is 6.14. The van der Waals surface area contributed by atoms with Gasteiger partial charge in [0.1, 0.15) is 12.3 Å². The first-order chi connectivity index (χ1) is 10.7. The largest absolute Gasteiger partial charge is 0.497 e. The van der Waals surface area contributed by atoms with Crippen LogP contribution in [0.25, 0.3) is 10.9 Å². The summed E-state index contributed by atoms with van der Waals surface area (Å²) in [6.45, 7) is 0.232. The van der Waals surface area contributed by atoms with Gasteiger partial charge in [0.05, 0.1) is 7.11 Å². The van der Waals surface area contributed by atoms with Crippen molar-refractivity contribution in [1.29, 1.82) is 0 Å². The van der Waals surface area contributed by atoms with Crippen LogP contribution in [0.15, 0.2) is 54.7 Å². The van der Waals surface area contributed by atoms with Crippen molar-refractivity contribution in [3.8, 4) is 5.75 Å². The van der Waals surface area contributed by atoms with E-state index < -0.39 is 0 Å². The van der Waals surface area contributed by atoms with Crippen LogP contribution < -0.4 is 10.1 Å². The number of aromatic nitrogens is 1. The molecule has 0 spiro atoms. The Labute approximate surface area is 133 Å². The number of halogens is 1. The van der Waals surface area contributed by atoms with E-state index in [1.165, 1.54) is 0 Å². The van der Waals surface area contributed by atoms with Gasteiger partial charge in [-0.05, 0) is 42.5 Å². The Morgan fingerprint density at radius 3 is 2.68 bits per heavy atom. The number of carbonyl (C=O) groups excluding carboxylic acids is 1. The SMILES string of the molecule is COc1ccc(NC(=O)Cn2ccc3c(Cl)cccc32)cc1. The fraction of sp³-hybridized carbons (Fsp3) is 0.118. The van der Waals surface area contributed by atoms with E-state index in [1.807, 2.05) is 35.0 Å². The zero-order chi connectivity index (χ0) is 15.5. The van der Waals surface area contributed by atoms with Gasteiger partial charge >= 0.3 is 0 Å². The van der Waals surface area contributed by atoms with Crippen LogP contribution in [-0.2, 0) is 11.3 Å².